The van der Waals surface area contributed by atoms with E-state index in [1.807, 2.05) is 0 Å². The molecule has 26 heavy (non-hydrogen) atoms. The van der Waals surface area contributed by atoms with Gasteiger partial charge in [-0.15, -0.1) is 0 Å². The highest BCUT2D eigenvalue weighted by Gasteiger charge is 2.42. The van der Waals surface area contributed by atoms with Crippen molar-refractivity contribution in [3.63, 3.8) is 0 Å². The number of aliphatic carboxylic acids is 1. The van der Waals surface area contributed by atoms with Crippen molar-refractivity contribution >= 4 is 11.9 Å². The first-order valence-electron chi connectivity index (χ1n) is 8.53. The highest BCUT2D eigenvalue weighted by atomic mass is 19.1. The molecule has 0 bridgehead atoms. The fourth-order valence-corrected chi connectivity index (χ4v) is 3.13. The second-order valence-electron chi connectivity index (χ2n) is 6.62. The van der Waals surface area contributed by atoms with Gasteiger partial charge in [-0.3, -0.25) is 4.79 Å². The van der Waals surface area contributed by atoms with Crippen LogP contribution in [0.5, 0.6) is 0 Å². The molecule has 0 unspecified atom stereocenters. The Balaban J connectivity index is 1.60. The molecule has 2 aromatic rings. The lowest BCUT2D eigenvalue weighted by atomic mass is 9.97. The Morgan fingerprint density at radius 2 is 2.08 bits per heavy atom. The average Bonchev–Trinajstić information content (AvgIpc) is 3.26. The van der Waals surface area contributed by atoms with Crippen molar-refractivity contribution in [2.75, 3.05) is 0 Å². The molecule has 1 saturated carbocycles. The number of hydrogen-bond donors (Lipinski definition) is 2. The molecule has 0 atom stereocenters. The van der Waals surface area contributed by atoms with Crippen molar-refractivity contribution in [2.24, 2.45) is 0 Å². The van der Waals surface area contributed by atoms with E-state index in [0.717, 1.165) is 12.8 Å². The van der Waals surface area contributed by atoms with E-state index in [4.69, 9.17) is 4.52 Å². The van der Waals surface area contributed by atoms with Gasteiger partial charge in [0.2, 0.25) is 17.6 Å². The number of carboxylic acid groups (broad SMARTS) is 1. The number of carboxylic acids is 1. The van der Waals surface area contributed by atoms with Crippen molar-refractivity contribution in [3.05, 3.63) is 35.5 Å². The number of aromatic nitrogens is 2. The van der Waals surface area contributed by atoms with E-state index in [0.29, 0.717) is 24.0 Å². The van der Waals surface area contributed by atoms with Crippen molar-refractivity contribution < 1.29 is 23.6 Å². The Labute approximate surface area is 149 Å². The maximum Gasteiger partial charge on any atom is 0.329 e. The standard InChI is InChI=1S/C18H20FN3O4/c1-11-4-5-12(10-13(11)19)16-20-15(26-22-16)7-6-14(23)21-18(17(24)25)8-2-3-9-18/h4-5,10H,2-3,6-9H2,1H3,(H,21,23)(H,24,25). The van der Waals surface area contributed by atoms with Crippen molar-refractivity contribution in [2.45, 2.75) is 51.0 Å². The molecule has 1 fully saturated rings. The number of rotatable bonds is 6. The second kappa shape index (κ2) is 7.23. The lowest BCUT2D eigenvalue weighted by molar-refractivity contribution is -0.147. The van der Waals surface area contributed by atoms with Crippen LogP contribution in [-0.4, -0.2) is 32.7 Å². The van der Waals surface area contributed by atoms with Gasteiger partial charge in [0.15, 0.2) is 0 Å². The number of aryl methyl sites for hydroxylation is 2. The summed E-state index contributed by atoms with van der Waals surface area (Å²) in [4.78, 5) is 27.8. The summed E-state index contributed by atoms with van der Waals surface area (Å²) < 4.78 is 18.7. The summed E-state index contributed by atoms with van der Waals surface area (Å²) in [7, 11) is 0. The number of hydrogen-bond acceptors (Lipinski definition) is 5. The summed E-state index contributed by atoms with van der Waals surface area (Å²) in [6, 6.07) is 4.64. The molecule has 0 saturated heterocycles. The number of nitrogens with one attached hydrogen (secondary N) is 1. The maximum atomic E-state index is 13.6. The van der Waals surface area contributed by atoms with Crippen LogP contribution in [0.2, 0.25) is 0 Å². The highest BCUT2D eigenvalue weighted by Crippen LogP contribution is 2.30. The molecule has 1 amide bonds. The van der Waals surface area contributed by atoms with E-state index < -0.39 is 11.5 Å². The van der Waals surface area contributed by atoms with Crippen LogP contribution in [0, 0.1) is 12.7 Å². The van der Waals surface area contributed by atoms with E-state index >= 15 is 0 Å². The van der Waals surface area contributed by atoms with Crippen LogP contribution in [0.1, 0.15) is 43.6 Å². The predicted octanol–water partition coefficient (Wildman–Crippen LogP) is 2.63. The van der Waals surface area contributed by atoms with Crippen molar-refractivity contribution in [1.82, 2.24) is 15.5 Å². The van der Waals surface area contributed by atoms with Crippen LogP contribution >= 0.6 is 0 Å². The minimum absolute atomic E-state index is 0.0406. The molecule has 1 aliphatic rings. The number of carbonyl (C=O) groups is 2. The van der Waals surface area contributed by atoms with Gasteiger partial charge in [0, 0.05) is 18.4 Å². The molecule has 0 aliphatic heterocycles. The third-order valence-electron chi connectivity index (χ3n) is 4.71. The normalized spacial score (nSPS) is 15.8. The summed E-state index contributed by atoms with van der Waals surface area (Å²) >= 11 is 0. The molecule has 138 valence electrons. The van der Waals surface area contributed by atoms with E-state index in [1.165, 1.54) is 6.07 Å². The minimum Gasteiger partial charge on any atom is -0.480 e. The Hall–Kier alpha value is -2.77. The van der Waals surface area contributed by atoms with Crippen LogP contribution in [0.25, 0.3) is 11.4 Å². The molecule has 1 aromatic heterocycles. The van der Waals surface area contributed by atoms with E-state index in [2.05, 4.69) is 15.5 Å². The fourth-order valence-electron chi connectivity index (χ4n) is 3.13. The van der Waals surface area contributed by atoms with Crippen LogP contribution in [0.3, 0.4) is 0 Å². The van der Waals surface area contributed by atoms with Crippen LogP contribution in [-0.2, 0) is 16.0 Å². The van der Waals surface area contributed by atoms with Gasteiger partial charge >= 0.3 is 5.97 Å². The van der Waals surface area contributed by atoms with Gasteiger partial charge in [-0.05, 0) is 31.4 Å². The molecular weight excluding hydrogens is 341 g/mol. The lowest BCUT2D eigenvalue weighted by Gasteiger charge is -2.25. The zero-order chi connectivity index (χ0) is 18.7. The van der Waals surface area contributed by atoms with Gasteiger partial charge < -0.3 is 14.9 Å². The van der Waals surface area contributed by atoms with Crippen molar-refractivity contribution in [3.8, 4) is 11.4 Å². The summed E-state index contributed by atoms with van der Waals surface area (Å²) in [5.74, 6) is -1.23. The van der Waals surface area contributed by atoms with Gasteiger partial charge in [0.1, 0.15) is 11.4 Å². The van der Waals surface area contributed by atoms with Gasteiger partial charge in [0.05, 0.1) is 0 Å². The third-order valence-corrected chi connectivity index (χ3v) is 4.71. The molecule has 8 heteroatoms. The lowest BCUT2D eigenvalue weighted by Crippen LogP contribution is -2.52. The third kappa shape index (κ3) is 3.74. The first-order chi connectivity index (χ1) is 12.4. The molecule has 2 N–H and O–H groups in total. The van der Waals surface area contributed by atoms with E-state index in [-0.39, 0.29) is 36.3 Å². The molecule has 0 radical (unpaired) electrons. The SMILES string of the molecule is Cc1ccc(-c2noc(CCC(=O)NC3(C(=O)O)CCCC3)n2)cc1F. The molecule has 1 heterocycles. The maximum absolute atomic E-state index is 13.6. The zero-order valence-corrected chi connectivity index (χ0v) is 14.4. The molecule has 1 aliphatic carbocycles. The topological polar surface area (TPSA) is 105 Å². The van der Waals surface area contributed by atoms with Crippen LogP contribution in [0.4, 0.5) is 4.39 Å². The van der Waals surface area contributed by atoms with Crippen molar-refractivity contribution in [1.29, 1.82) is 0 Å². The highest BCUT2D eigenvalue weighted by molar-refractivity contribution is 5.87. The number of carbonyl (C=O) groups excluding carboxylic acids is 1. The van der Waals surface area contributed by atoms with Gasteiger partial charge in [-0.1, -0.05) is 30.1 Å². The summed E-state index contributed by atoms with van der Waals surface area (Å²) in [6.45, 7) is 1.66. The number of amides is 1. The predicted molar refractivity (Wildman–Crippen MR) is 89.7 cm³/mol. The monoisotopic (exact) mass is 361 g/mol. The number of benzene rings is 1. The smallest absolute Gasteiger partial charge is 0.329 e. The van der Waals surface area contributed by atoms with E-state index in [9.17, 15) is 19.1 Å². The minimum atomic E-state index is -1.16. The van der Waals surface area contributed by atoms with E-state index in [1.54, 1.807) is 19.1 Å². The molecule has 0 spiro atoms. The first kappa shape index (κ1) is 18.0. The Bertz CT molecular complexity index is 828. The second-order valence-corrected chi connectivity index (χ2v) is 6.62. The Kier molecular flexibility index (Phi) is 5.01. The van der Waals surface area contributed by atoms with Crippen LogP contribution < -0.4 is 5.32 Å². The zero-order valence-electron chi connectivity index (χ0n) is 14.4. The largest absolute Gasteiger partial charge is 0.480 e. The Morgan fingerprint density at radius 3 is 2.73 bits per heavy atom. The number of halogens is 1. The van der Waals surface area contributed by atoms with Gasteiger partial charge in [0.25, 0.3) is 0 Å². The summed E-state index contributed by atoms with van der Waals surface area (Å²) in [5.41, 5.74) is -0.145. The molecule has 7 nitrogen and oxygen atoms in total. The molecular formula is C18H20FN3O4. The number of nitrogens with zero attached hydrogens (tertiary/aromatic N) is 2. The summed E-state index contributed by atoms with van der Waals surface area (Å²) in [6.07, 6.45) is 2.68. The fraction of sp³-hybridized carbons (Fsp3) is 0.444. The molecule has 3 rings (SSSR count). The van der Waals surface area contributed by atoms with Crippen LogP contribution in [0.15, 0.2) is 22.7 Å². The average molecular weight is 361 g/mol. The quantitative estimate of drug-likeness (QED) is 0.819. The summed E-state index contributed by atoms with van der Waals surface area (Å²) in [5, 5.41) is 15.8. The van der Waals surface area contributed by atoms with Gasteiger partial charge in [-0.2, -0.15) is 4.98 Å². The molecule has 1 aromatic carbocycles. The van der Waals surface area contributed by atoms with Gasteiger partial charge in [-0.25, -0.2) is 9.18 Å². The Morgan fingerprint density at radius 1 is 1.35 bits per heavy atom. The first-order valence-corrected chi connectivity index (χ1v) is 8.53.